The van der Waals surface area contributed by atoms with Crippen LogP contribution in [-0.4, -0.2) is 33.2 Å². The molecule has 1 aliphatic rings. The Hall–Kier alpha value is -3.66. The van der Waals surface area contributed by atoms with Gasteiger partial charge in [-0.05, 0) is 53.9 Å². The van der Waals surface area contributed by atoms with Crippen molar-refractivity contribution in [2.24, 2.45) is 0 Å². The predicted molar refractivity (Wildman–Crippen MR) is 118 cm³/mol. The summed E-state index contributed by atoms with van der Waals surface area (Å²) in [6.07, 6.45) is 1.52. The summed E-state index contributed by atoms with van der Waals surface area (Å²) in [5.41, 5.74) is 1.93. The lowest BCUT2D eigenvalue weighted by Gasteiger charge is -2.24. The van der Waals surface area contributed by atoms with E-state index < -0.39 is 39.6 Å². The van der Waals surface area contributed by atoms with E-state index in [-0.39, 0.29) is 24.1 Å². The number of anilines is 1. The fourth-order valence-electron chi connectivity index (χ4n) is 3.43. The predicted octanol–water partition coefficient (Wildman–Crippen LogP) is 3.18. The van der Waals surface area contributed by atoms with E-state index in [2.05, 4.69) is 15.0 Å². The van der Waals surface area contributed by atoms with Crippen LogP contribution in [-0.2, 0) is 24.0 Å². The number of carbonyl (C=O) groups is 2. The maximum Gasteiger partial charge on any atom is 0.251 e. The van der Waals surface area contributed by atoms with Gasteiger partial charge in [-0.3, -0.25) is 9.59 Å². The number of benzene rings is 2. The maximum atomic E-state index is 13.5. The summed E-state index contributed by atoms with van der Waals surface area (Å²) in [6.45, 7) is 0.226. The average molecular weight is 471 g/mol. The lowest BCUT2D eigenvalue weighted by atomic mass is 9.98. The number of ether oxygens (including phenoxy) is 1. The summed E-state index contributed by atoms with van der Waals surface area (Å²) in [5.74, 6) is -2.46. The van der Waals surface area contributed by atoms with Gasteiger partial charge >= 0.3 is 0 Å². The number of Topliss-reactive ketones (excluding diaryl/α,β-unsaturated/α-hetero) is 1. The molecule has 1 aromatic heterocycles. The second-order valence-corrected chi connectivity index (χ2v) is 8.72. The number of ketones is 1. The SMILES string of the molecule is COc1cc(CNC(=O)c2ccc3c(c2)C(=O)C(Cc2ccc(F)c(F)c2)S(=O)N3)ccn1. The van der Waals surface area contributed by atoms with Crippen LogP contribution in [0.4, 0.5) is 14.5 Å². The number of methoxy groups -OCH3 is 1. The summed E-state index contributed by atoms with van der Waals surface area (Å²) in [6, 6.07) is 11.2. The Morgan fingerprint density at radius 2 is 1.94 bits per heavy atom. The Morgan fingerprint density at radius 3 is 2.70 bits per heavy atom. The quantitative estimate of drug-likeness (QED) is 0.576. The largest absolute Gasteiger partial charge is 0.481 e. The second-order valence-electron chi connectivity index (χ2n) is 7.35. The molecular formula is C23H19F2N3O4S. The van der Waals surface area contributed by atoms with E-state index in [1.807, 2.05) is 0 Å². The molecule has 2 unspecified atom stereocenters. The molecule has 0 bridgehead atoms. The van der Waals surface area contributed by atoms with Gasteiger partial charge in [0.2, 0.25) is 5.88 Å². The van der Waals surface area contributed by atoms with Crippen molar-refractivity contribution in [3.05, 3.63) is 88.6 Å². The lowest BCUT2D eigenvalue weighted by molar-refractivity contribution is 0.0951. The highest BCUT2D eigenvalue weighted by atomic mass is 32.2. The van der Waals surface area contributed by atoms with E-state index in [4.69, 9.17) is 4.74 Å². The van der Waals surface area contributed by atoms with E-state index in [1.54, 1.807) is 18.3 Å². The van der Waals surface area contributed by atoms with Crippen LogP contribution in [0, 0.1) is 11.6 Å². The molecule has 2 atom stereocenters. The molecule has 10 heteroatoms. The lowest BCUT2D eigenvalue weighted by Crippen LogP contribution is -2.37. The van der Waals surface area contributed by atoms with E-state index >= 15 is 0 Å². The van der Waals surface area contributed by atoms with Crippen molar-refractivity contribution in [1.82, 2.24) is 10.3 Å². The van der Waals surface area contributed by atoms with Gasteiger partial charge in [-0.1, -0.05) is 6.07 Å². The van der Waals surface area contributed by atoms with Gasteiger partial charge in [0.05, 0.1) is 12.8 Å². The molecule has 0 spiro atoms. The molecular weight excluding hydrogens is 452 g/mol. The van der Waals surface area contributed by atoms with Crippen LogP contribution in [0.15, 0.2) is 54.7 Å². The van der Waals surface area contributed by atoms with Gasteiger partial charge in [-0.15, -0.1) is 0 Å². The van der Waals surface area contributed by atoms with Crippen molar-refractivity contribution in [3.63, 3.8) is 0 Å². The van der Waals surface area contributed by atoms with Crippen LogP contribution < -0.4 is 14.8 Å². The molecule has 7 nitrogen and oxygen atoms in total. The summed E-state index contributed by atoms with van der Waals surface area (Å²) < 4.78 is 47.1. The van der Waals surface area contributed by atoms with Crippen molar-refractivity contribution in [2.45, 2.75) is 18.2 Å². The van der Waals surface area contributed by atoms with E-state index in [0.29, 0.717) is 17.1 Å². The zero-order valence-electron chi connectivity index (χ0n) is 17.4. The molecule has 2 heterocycles. The van der Waals surface area contributed by atoms with E-state index in [0.717, 1.165) is 17.7 Å². The summed E-state index contributed by atoms with van der Waals surface area (Å²) in [7, 11) is -0.269. The summed E-state index contributed by atoms with van der Waals surface area (Å²) in [4.78, 5) is 29.7. The molecule has 0 saturated heterocycles. The Bertz CT molecular complexity index is 1270. The first-order valence-electron chi connectivity index (χ1n) is 9.92. The third-order valence-electron chi connectivity index (χ3n) is 5.18. The normalized spacial score (nSPS) is 17.1. The minimum absolute atomic E-state index is 0.0462. The van der Waals surface area contributed by atoms with Crippen LogP contribution in [0.3, 0.4) is 0 Å². The van der Waals surface area contributed by atoms with Gasteiger partial charge in [-0.25, -0.2) is 18.0 Å². The number of hydrogen-bond acceptors (Lipinski definition) is 5. The number of halogens is 2. The number of carbonyl (C=O) groups excluding carboxylic acids is 2. The van der Waals surface area contributed by atoms with Gasteiger partial charge in [0.1, 0.15) is 16.2 Å². The zero-order valence-corrected chi connectivity index (χ0v) is 18.2. The number of rotatable bonds is 6. The molecule has 0 aliphatic carbocycles. The maximum absolute atomic E-state index is 13.5. The van der Waals surface area contributed by atoms with Gasteiger partial charge in [-0.2, -0.15) is 0 Å². The number of nitrogens with one attached hydrogen (secondary N) is 2. The number of aromatic nitrogens is 1. The number of pyridine rings is 1. The van der Waals surface area contributed by atoms with Crippen LogP contribution >= 0.6 is 0 Å². The van der Waals surface area contributed by atoms with Crippen LogP contribution in [0.2, 0.25) is 0 Å². The van der Waals surface area contributed by atoms with Crippen molar-refractivity contribution in [2.75, 3.05) is 11.8 Å². The second kappa shape index (κ2) is 9.45. The van der Waals surface area contributed by atoms with E-state index in [1.165, 1.54) is 31.4 Å². The monoisotopic (exact) mass is 471 g/mol. The molecule has 2 N–H and O–H groups in total. The minimum Gasteiger partial charge on any atom is -0.481 e. The highest BCUT2D eigenvalue weighted by molar-refractivity contribution is 7.88. The first-order chi connectivity index (χ1) is 15.9. The molecule has 33 heavy (non-hydrogen) atoms. The fourth-order valence-corrected chi connectivity index (χ4v) is 4.64. The van der Waals surface area contributed by atoms with E-state index in [9.17, 15) is 22.6 Å². The Labute approximate surface area is 190 Å². The average Bonchev–Trinajstić information content (AvgIpc) is 2.82. The Balaban J connectivity index is 1.51. The van der Waals surface area contributed by atoms with Gasteiger partial charge in [0, 0.05) is 29.9 Å². The van der Waals surface area contributed by atoms with Gasteiger partial charge in [0.25, 0.3) is 5.91 Å². The zero-order chi connectivity index (χ0) is 23.5. The molecule has 3 aromatic rings. The standard InChI is InChI=1S/C23H19F2N3O4S/c1-32-21-10-14(6-7-26-21)12-27-23(30)15-3-5-19-16(11-15)22(29)20(33(31)28-19)9-13-2-4-17(24)18(25)8-13/h2-8,10-11,20,28H,9,12H2,1H3,(H,27,30). The first-order valence-corrected chi connectivity index (χ1v) is 11.1. The van der Waals surface area contributed by atoms with Crippen LogP contribution in [0.1, 0.15) is 31.8 Å². The third-order valence-corrected chi connectivity index (χ3v) is 6.49. The highest BCUT2D eigenvalue weighted by Gasteiger charge is 2.34. The molecule has 170 valence electrons. The van der Waals surface area contributed by atoms with Gasteiger partial charge in [0.15, 0.2) is 17.4 Å². The topological polar surface area (TPSA) is 97.4 Å². The molecule has 0 fully saturated rings. The smallest absolute Gasteiger partial charge is 0.251 e. The number of nitrogens with zero attached hydrogens (tertiary/aromatic N) is 1. The third kappa shape index (κ3) is 4.90. The van der Waals surface area contributed by atoms with Crippen molar-refractivity contribution >= 4 is 28.4 Å². The van der Waals surface area contributed by atoms with Crippen LogP contribution in [0.5, 0.6) is 5.88 Å². The first kappa shape index (κ1) is 22.5. The molecule has 2 aromatic carbocycles. The highest BCUT2D eigenvalue weighted by Crippen LogP contribution is 2.28. The van der Waals surface area contributed by atoms with Crippen molar-refractivity contribution in [3.8, 4) is 5.88 Å². The van der Waals surface area contributed by atoms with Crippen molar-refractivity contribution in [1.29, 1.82) is 0 Å². The number of hydrogen-bond donors (Lipinski definition) is 2. The minimum atomic E-state index is -1.76. The molecule has 4 rings (SSSR count). The molecule has 0 radical (unpaired) electrons. The Morgan fingerprint density at radius 1 is 1.12 bits per heavy atom. The number of amides is 1. The summed E-state index contributed by atoms with van der Waals surface area (Å²) >= 11 is 0. The molecule has 1 amide bonds. The number of fused-ring (bicyclic) bond motifs is 1. The molecule has 0 saturated carbocycles. The molecule has 1 aliphatic heterocycles. The van der Waals surface area contributed by atoms with Crippen LogP contribution in [0.25, 0.3) is 0 Å². The Kier molecular flexibility index (Phi) is 6.45. The van der Waals surface area contributed by atoms with Gasteiger partial charge < -0.3 is 14.8 Å². The summed E-state index contributed by atoms with van der Waals surface area (Å²) in [5, 5.41) is 1.76. The van der Waals surface area contributed by atoms with Crippen molar-refractivity contribution < 1.29 is 27.3 Å². The fraction of sp³-hybridized carbons (Fsp3) is 0.174.